The van der Waals surface area contributed by atoms with Gasteiger partial charge in [-0.15, -0.1) is 0 Å². The summed E-state index contributed by atoms with van der Waals surface area (Å²) in [7, 11) is -3.43. The number of hydrogen-bond donors (Lipinski definition) is 2. The lowest BCUT2D eigenvalue weighted by Crippen LogP contribution is -2.14. The highest BCUT2D eigenvalue weighted by molar-refractivity contribution is 7.92. The fourth-order valence-corrected chi connectivity index (χ4v) is 4.30. The molecule has 0 atom stereocenters. The second-order valence-electron chi connectivity index (χ2n) is 7.31. The summed E-state index contributed by atoms with van der Waals surface area (Å²) in [5.41, 5.74) is 3.49. The zero-order chi connectivity index (χ0) is 19.9. The van der Waals surface area contributed by atoms with Crippen LogP contribution in [0.4, 0.5) is 5.69 Å². The van der Waals surface area contributed by atoms with Gasteiger partial charge in [-0.25, -0.2) is 13.4 Å². The van der Waals surface area contributed by atoms with Crippen LogP contribution in [-0.2, 0) is 10.0 Å². The van der Waals surface area contributed by atoms with Gasteiger partial charge in [0.1, 0.15) is 5.52 Å². The fraction of sp³-hybridized carbons (Fsp3) is 0.400. The summed E-state index contributed by atoms with van der Waals surface area (Å²) in [6, 6.07) is 5.20. The number of fused-ring (bicyclic) bond motifs is 1. The standard InChI is InChI=1S/C20H23N3O4S/c1-3-28(25,26)23-15-9-16(14-8-12(2)19(24)21-11-14)18-17(10-15)22-20(27-18)13-6-4-5-7-13/h8-11,13,23H,3-7H2,1-2H3,(H,21,24). The van der Waals surface area contributed by atoms with Crippen LogP contribution in [-0.4, -0.2) is 24.1 Å². The zero-order valence-electron chi connectivity index (χ0n) is 15.9. The van der Waals surface area contributed by atoms with Gasteiger partial charge in [-0.3, -0.25) is 9.52 Å². The van der Waals surface area contributed by atoms with E-state index < -0.39 is 10.0 Å². The van der Waals surface area contributed by atoms with E-state index in [1.54, 1.807) is 38.2 Å². The molecule has 28 heavy (non-hydrogen) atoms. The Morgan fingerprint density at radius 1 is 1.25 bits per heavy atom. The Morgan fingerprint density at radius 3 is 2.68 bits per heavy atom. The van der Waals surface area contributed by atoms with E-state index in [4.69, 9.17) is 4.42 Å². The molecule has 0 bridgehead atoms. The third kappa shape index (κ3) is 3.56. The fourth-order valence-electron chi connectivity index (χ4n) is 3.68. The molecule has 1 saturated carbocycles. The second kappa shape index (κ2) is 7.09. The summed E-state index contributed by atoms with van der Waals surface area (Å²) in [6.45, 7) is 3.31. The molecular weight excluding hydrogens is 378 g/mol. The first-order valence-corrected chi connectivity index (χ1v) is 11.2. The number of sulfonamides is 1. The molecule has 3 aromatic rings. The zero-order valence-corrected chi connectivity index (χ0v) is 16.7. The van der Waals surface area contributed by atoms with Crippen molar-refractivity contribution < 1.29 is 12.8 Å². The largest absolute Gasteiger partial charge is 0.440 e. The third-order valence-corrected chi connectivity index (χ3v) is 6.57. The Kier molecular flexibility index (Phi) is 4.74. The predicted molar refractivity (Wildman–Crippen MR) is 109 cm³/mol. The summed E-state index contributed by atoms with van der Waals surface area (Å²) in [5.74, 6) is 0.975. The molecule has 7 nitrogen and oxygen atoms in total. The van der Waals surface area contributed by atoms with Gasteiger partial charge in [0.25, 0.3) is 5.56 Å². The molecule has 1 aromatic carbocycles. The summed E-state index contributed by atoms with van der Waals surface area (Å²) in [6.07, 6.45) is 6.04. The normalized spacial score (nSPS) is 15.4. The Morgan fingerprint density at radius 2 is 2.00 bits per heavy atom. The summed E-state index contributed by atoms with van der Waals surface area (Å²) >= 11 is 0. The molecule has 4 rings (SSSR count). The molecule has 0 amide bonds. The van der Waals surface area contributed by atoms with E-state index >= 15 is 0 Å². The van der Waals surface area contributed by atoms with Gasteiger partial charge in [0.2, 0.25) is 10.0 Å². The molecule has 2 heterocycles. The van der Waals surface area contributed by atoms with E-state index in [1.807, 2.05) is 0 Å². The minimum Gasteiger partial charge on any atom is -0.440 e. The van der Waals surface area contributed by atoms with Crippen molar-refractivity contribution >= 4 is 26.8 Å². The van der Waals surface area contributed by atoms with Crippen LogP contribution in [0.3, 0.4) is 0 Å². The molecule has 0 spiro atoms. The third-order valence-electron chi connectivity index (χ3n) is 5.26. The number of nitrogens with zero attached hydrogens (tertiary/aromatic N) is 1. The predicted octanol–water partition coefficient (Wildman–Crippen LogP) is 3.91. The van der Waals surface area contributed by atoms with Crippen LogP contribution in [0.2, 0.25) is 0 Å². The first-order chi connectivity index (χ1) is 13.4. The molecule has 1 fully saturated rings. The number of pyridine rings is 1. The number of oxazole rings is 1. The molecule has 1 aliphatic carbocycles. The first-order valence-electron chi connectivity index (χ1n) is 9.51. The molecule has 2 aromatic heterocycles. The smallest absolute Gasteiger partial charge is 0.250 e. The van der Waals surface area contributed by atoms with Gasteiger partial charge in [-0.05, 0) is 44.9 Å². The van der Waals surface area contributed by atoms with Crippen molar-refractivity contribution in [1.82, 2.24) is 9.97 Å². The van der Waals surface area contributed by atoms with E-state index in [0.717, 1.165) is 31.2 Å². The van der Waals surface area contributed by atoms with E-state index in [2.05, 4.69) is 14.7 Å². The molecule has 148 valence electrons. The van der Waals surface area contributed by atoms with Crippen molar-refractivity contribution in [2.24, 2.45) is 0 Å². The topological polar surface area (TPSA) is 105 Å². The van der Waals surface area contributed by atoms with E-state index in [0.29, 0.717) is 39.7 Å². The van der Waals surface area contributed by atoms with E-state index in [1.165, 1.54) is 0 Å². The van der Waals surface area contributed by atoms with E-state index in [-0.39, 0.29) is 11.3 Å². The maximum Gasteiger partial charge on any atom is 0.250 e. The molecule has 0 unspecified atom stereocenters. The van der Waals surface area contributed by atoms with Crippen molar-refractivity contribution in [2.45, 2.75) is 45.4 Å². The van der Waals surface area contributed by atoms with Gasteiger partial charge in [0.15, 0.2) is 11.5 Å². The van der Waals surface area contributed by atoms with Crippen molar-refractivity contribution in [2.75, 3.05) is 10.5 Å². The van der Waals surface area contributed by atoms with Gasteiger partial charge < -0.3 is 9.40 Å². The van der Waals surface area contributed by atoms with Gasteiger partial charge in [-0.2, -0.15) is 0 Å². The molecular formula is C20H23N3O4S. The lowest BCUT2D eigenvalue weighted by Gasteiger charge is -2.09. The maximum absolute atomic E-state index is 12.1. The highest BCUT2D eigenvalue weighted by atomic mass is 32.2. The van der Waals surface area contributed by atoms with Crippen LogP contribution in [0, 0.1) is 6.92 Å². The Hall–Kier alpha value is -2.61. The molecule has 8 heteroatoms. The first kappa shape index (κ1) is 18.7. The second-order valence-corrected chi connectivity index (χ2v) is 9.32. The minimum atomic E-state index is -3.43. The summed E-state index contributed by atoms with van der Waals surface area (Å²) in [4.78, 5) is 19.1. The average Bonchev–Trinajstić information content (AvgIpc) is 3.32. The Balaban J connectivity index is 1.90. The quantitative estimate of drug-likeness (QED) is 0.674. The van der Waals surface area contributed by atoms with Crippen LogP contribution in [0.25, 0.3) is 22.2 Å². The number of anilines is 1. The Labute approximate surface area is 163 Å². The monoisotopic (exact) mass is 401 g/mol. The van der Waals surface area contributed by atoms with Crippen molar-refractivity contribution in [3.05, 3.63) is 46.2 Å². The SMILES string of the molecule is CCS(=O)(=O)Nc1cc(-c2c[nH]c(=O)c(C)c2)c2oc(C3CCCC3)nc2c1. The molecule has 2 N–H and O–H groups in total. The lowest BCUT2D eigenvalue weighted by molar-refractivity contribution is 0.474. The summed E-state index contributed by atoms with van der Waals surface area (Å²) in [5, 5.41) is 0. The number of aromatic nitrogens is 2. The van der Waals surface area contributed by atoms with Crippen LogP contribution in [0.1, 0.15) is 50.0 Å². The van der Waals surface area contributed by atoms with Gasteiger partial charge in [0.05, 0.1) is 11.4 Å². The number of hydrogen-bond acceptors (Lipinski definition) is 5. The molecule has 0 radical (unpaired) electrons. The Bertz CT molecular complexity index is 1190. The van der Waals surface area contributed by atoms with Gasteiger partial charge in [0, 0.05) is 28.8 Å². The summed E-state index contributed by atoms with van der Waals surface area (Å²) < 4.78 is 32.9. The van der Waals surface area contributed by atoms with Gasteiger partial charge >= 0.3 is 0 Å². The van der Waals surface area contributed by atoms with E-state index in [9.17, 15) is 13.2 Å². The molecule has 0 saturated heterocycles. The number of rotatable bonds is 5. The number of H-pyrrole nitrogens is 1. The average molecular weight is 401 g/mol. The molecule has 1 aliphatic rings. The van der Waals surface area contributed by atoms with Crippen LogP contribution < -0.4 is 10.3 Å². The minimum absolute atomic E-state index is 0.0235. The number of benzene rings is 1. The van der Waals surface area contributed by atoms with Crippen LogP contribution in [0.15, 0.2) is 33.6 Å². The van der Waals surface area contributed by atoms with Crippen molar-refractivity contribution in [1.29, 1.82) is 0 Å². The molecule has 0 aliphatic heterocycles. The maximum atomic E-state index is 12.1. The highest BCUT2D eigenvalue weighted by Crippen LogP contribution is 2.38. The number of aromatic amines is 1. The highest BCUT2D eigenvalue weighted by Gasteiger charge is 2.24. The van der Waals surface area contributed by atoms with Crippen molar-refractivity contribution in [3.8, 4) is 11.1 Å². The number of nitrogens with one attached hydrogen (secondary N) is 2. The van der Waals surface area contributed by atoms with Gasteiger partial charge in [-0.1, -0.05) is 12.8 Å². The lowest BCUT2D eigenvalue weighted by atomic mass is 10.0. The van der Waals surface area contributed by atoms with Crippen molar-refractivity contribution in [3.63, 3.8) is 0 Å². The van der Waals surface area contributed by atoms with Crippen LogP contribution in [0.5, 0.6) is 0 Å². The number of aryl methyl sites for hydroxylation is 1. The van der Waals surface area contributed by atoms with Crippen LogP contribution >= 0.6 is 0 Å².